The molecule has 3 nitrogen and oxygen atoms in total. The second kappa shape index (κ2) is 3.14. The lowest BCUT2D eigenvalue weighted by Crippen LogP contribution is -1.96. The Labute approximate surface area is 71.4 Å². The van der Waals surface area contributed by atoms with E-state index >= 15 is 0 Å². The largest absolute Gasteiger partial charge is 0.233 e. The first-order valence-electron chi connectivity index (χ1n) is 3.55. The number of hydrogen-bond acceptors (Lipinski definition) is 3. The Morgan fingerprint density at radius 3 is 2.33 bits per heavy atom. The molecule has 0 aliphatic carbocycles. The first-order chi connectivity index (χ1) is 5.63. The van der Waals surface area contributed by atoms with Crippen LogP contribution in [-0.4, -0.2) is 9.97 Å². The van der Waals surface area contributed by atoms with Crippen LogP contribution in [0, 0.1) is 25.2 Å². The van der Waals surface area contributed by atoms with Crippen LogP contribution in [0.25, 0.3) is 5.57 Å². The molecule has 0 fully saturated rings. The minimum Gasteiger partial charge on any atom is -0.233 e. The normalized spacial score (nSPS) is 9.08. The molecule has 0 aliphatic rings. The molecule has 1 aromatic rings. The van der Waals surface area contributed by atoms with Gasteiger partial charge in [-0.15, -0.1) is 0 Å². The van der Waals surface area contributed by atoms with Gasteiger partial charge in [0.15, 0.2) is 5.82 Å². The third-order valence-electron chi connectivity index (χ3n) is 1.39. The molecule has 0 spiro atoms. The van der Waals surface area contributed by atoms with Crippen molar-refractivity contribution in [2.75, 3.05) is 0 Å². The van der Waals surface area contributed by atoms with Gasteiger partial charge in [0.1, 0.15) is 6.07 Å². The van der Waals surface area contributed by atoms with Gasteiger partial charge in [-0.05, 0) is 19.9 Å². The van der Waals surface area contributed by atoms with Crippen molar-refractivity contribution in [3.63, 3.8) is 0 Å². The van der Waals surface area contributed by atoms with Crippen LogP contribution in [0.1, 0.15) is 17.2 Å². The maximum Gasteiger partial charge on any atom is 0.169 e. The zero-order valence-electron chi connectivity index (χ0n) is 7.13. The number of rotatable bonds is 1. The van der Waals surface area contributed by atoms with Crippen molar-refractivity contribution < 1.29 is 0 Å². The van der Waals surface area contributed by atoms with Crippen LogP contribution in [0.2, 0.25) is 0 Å². The van der Waals surface area contributed by atoms with Crippen molar-refractivity contribution in [1.29, 1.82) is 5.26 Å². The molecule has 0 atom stereocenters. The molecule has 1 rings (SSSR count). The van der Waals surface area contributed by atoms with Crippen molar-refractivity contribution in [3.8, 4) is 6.07 Å². The number of allylic oxidation sites excluding steroid dienone is 1. The van der Waals surface area contributed by atoms with Gasteiger partial charge in [-0.25, -0.2) is 9.97 Å². The number of aromatic nitrogens is 2. The zero-order valence-corrected chi connectivity index (χ0v) is 7.13. The minimum atomic E-state index is 0.307. The highest BCUT2D eigenvalue weighted by atomic mass is 14.9. The second-order valence-corrected chi connectivity index (χ2v) is 2.56. The molecule has 0 aliphatic heterocycles. The van der Waals surface area contributed by atoms with Crippen LogP contribution in [-0.2, 0) is 0 Å². The molecular weight excluding hydrogens is 150 g/mol. The van der Waals surface area contributed by atoms with Crippen LogP contribution in [0.15, 0.2) is 12.6 Å². The number of nitrogens with zero attached hydrogens (tertiary/aromatic N) is 3. The molecule has 0 saturated carbocycles. The molecule has 0 bridgehead atoms. The lowest BCUT2D eigenvalue weighted by atomic mass is 10.3. The summed E-state index contributed by atoms with van der Waals surface area (Å²) >= 11 is 0. The molecule has 0 amide bonds. The van der Waals surface area contributed by atoms with Crippen molar-refractivity contribution in [1.82, 2.24) is 9.97 Å². The topological polar surface area (TPSA) is 49.6 Å². The van der Waals surface area contributed by atoms with Crippen molar-refractivity contribution in [2.45, 2.75) is 13.8 Å². The maximum absolute atomic E-state index is 8.54. The van der Waals surface area contributed by atoms with Crippen molar-refractivity contribution in [3.05, 3.63) is 29.9 Å². The Bertz CT molecular complexity index is 340. The third-order valence-corrected chi connectivity index (χ3v) is 1.39. The van der Waals surface area contributed by atoms with Gasteiger partial charge >= 0.3 is 0 Å². The summed E-state index contributed by atoms with van der Waals surface area (Å²) in [6.07, 6.45) is 0. The van der Waals surface area contributed by atoms with Gasteiger partial charge in [-0.1, -0.05) is 6.58 Å². The Morgan fingerprint density at radius 1 is 1.42 bits per heavy atom. The minimum absolute atomic E-state index is 0.307. The molecule has 12 heavy (non-hydrogen) atoms. The summed E-state index contributed by atoms with van der Waals surface area (Å²) in [6.45, 7) is 7.27. The van der Waals surface area contributed by atoms with Gasteiger partial charge in [0, 0.05) is 11.4 Å². The fraction of sp³-hybridized carbons (Fsp3) is 0.222. The van der Waals surface area contributed by atoms with Gasteiger partial charge in [0.25, 0.3) is 0 Å². The number of hydrogen-bond donors (Lipinski definition) is 0. The SMILES string of the molecule is C=C(C#N)c1nc(C)cc(C)n1. The third kappa shape index (κ3) is 1.67. The van der Waals surface area contributed by atoms with Crippen LogP contribution in [0.4, 0.5) is 0 Å². The predicted octanol–water partition coefficient (Wildman–Crippen LogP) is 1.63. The second-order valence-electron chi connectivity index (χ2n) is 2.56. The van der Waals surface area contributed by atoms with Crippen LogP contribution >= 0.6 is 0 Å². The average Bonchev–Trinajstić information content (AvgIpc) is 2.01. The smallest absolute Gasteiger partial charge is 0.169 e. The Morgan fingerprint density at radius 2 is 1.92 bits per heavy atom. The van der Waals surface area contributed by atoms with Crippen LogP contribution in [0.5, 0.6) is 0 Å². The zero-order chi connectivity index (χ0) is 9.14. The maximum atomic E-state index is 8.54. The molecule has 1 heterocycles. The van der Waals surface area contributed by atoms with E-state index in [-0.39, 0.29) is 0 Å². The van der Waals surface area contributed by atoms with E-state index in [4.69, 9.17) is 5.26 Å². The van der Waals surface area contributed by atoms with E-state index in [9.17, 15) is 0 Å². The Hall–Kier alpha value is -1.69. The van der Waals surface area contributed by atoms with E-state index in [1.54, 1.807) is 0 Å². The molecule has 0 saturated heterocycles. The Balaban J connectivity index is 3.19. The molecule has 0 aromatic carbocycles. The average molecular weight is 159 g/mol. The Kier molecular flexibility index (Phi) is 2.20. The highest BCUT2D eigenvalue weighted by molar-refractivity contribution is 5.69. The van der Waals surface area contributed by atoms with Gasteiger partial charge in [-0.2, -0.15) is 5.26 Å². The monoisotopic (exact) mass is 159 g/mol. The molecule has 0 unspecified atom stereocenters. The predicted molar refractivity (Wildman–Crippen MR) is 46.2 cm³/mol. The van der Waals surface area contributed by atoms with Gasteiger partial charge < -0.3 is 0 Å². The molecular formula is C9H9N3. The fourth-order valence-corrected chi connectivity index (χ4v) is 0.911. The number of nitriles is 1. The first kappa shape index (κ1) is 8.41. The summed E-state index contributed by atoms with van der Waals surface area (Å²) in [5, 5.41) is 8.54. The summed E-state index contributed by atoms with van der Waals surface area (Å²) in [6, 6.07) is 3.77. The standard InChI is InChI=1S/C9H9N3/c1-6(5-10)9-11-7(2)4-8(3)12-9/h4H,1H2,2-3H3. The van der Waals surface area contributed by atoms with E-state index in [1.165, 1.54) is 0 Å². The summed E-state index contributed by atoms with van der Waals surface area (Å²) in [4.78, 5) is 8.14. The molecule has 60 valence electrons. The van der Waals surface area contributed by atoms with Crippen LogP contribution in [0.3, 0.4) is 0 Å². The summed E-state index contributed by atoms with van der Waals surface area (Å²) < 4.78 is 0. The van der Waals surface area contributed by atoms with Crippen molar-refractivity contribution >= 4 is 5.57 Å². The summed E-state index contributed by atoms with van der Waals surface area (Å²) in [5.74, 6) is 0.426. The lowest BCUT2D eigenvalue weighted by Gasteiger charge is -1.99. The van der Waals surface area contributed by atoms with Crippen molar-refractivity contribution in [2.24, 2.45) is 0 Å². The fourth-order valence-electron chi connectivity index (χ4n) is 0.911. The van der Waals surface area contributed by atoms with Gasteiger partial charge in [0.2, 0.25) is 0 Å². The molecule has 0 N–H and O–H groups in total. The highest BCUT2D eigenvalue weighted by Crippen LogP contribution is 2.06. The van der Waals surface area contributed by atoms with Crippen LogP contribution < -0.4 is 0 Å². The molecule has 1 aromatic heterocycles. The van der Waals surface area contributed by atoms with Gasteiger partial charge in [-0.3, -0.25) is 0 Å². The van der Waals surface area contributed by atoms with E-state index in [2.05, 4.69) is 16.5 Å². The highest BCUT2D eigenvalue weighted by Gasteiger charge is 2.01. The quantitative estimate of drug-likeness (QED) is 0.585. The van der Waals surface area contributed by atoms with Gasteiger partial charge in [0.05, 0.1) is 5.57 Å². The number of aryl methyl sites for hydroxylation is 2. The van der Waals surface area contributed by atoms with E-state index in [0.29, 0.717) is 11.4 Å². The van der Waals surface area contributed by atoms with E-state index < -0.39 is 0 Å². The first-order valence-corrected chi connectivity index (χ1v) is 3.55. The molecule has 0 radical (unpaired) electrons. The van der Waals surface area contributed by atoms with E-state index in [0.717, 1.165) is 11.4 Å². The summed E-state index contributed by atoms with van der Waals surface area (Å²) in [7, 11) is 0. The summed E-state index contributed by atoms with van der Waals surface area (Å²) in [5.41, 5.74) is 2.02. The lowest BCUT2D eigenvalue weighted by molar-refractivity contribution is 1.02. The molecule has 3 heteroatoms. The van der Waals surface area contributed by atoms with E-state index in [1.807, 2.05) is 26.0 Å².